The molecule has 1 fully saturated rings. The van der Waals surface area contributed by atoms with Gasteiger partial charge in [-0.25, -0.2) is 8.42 Å². The lowest BCUT2D eigenvalue weighted by molar-refractivity contribution is -0.123. The summed E-state index contributed by atoms with van der Waals surface area (Å²) in [7, 11) is -3.43. The normalized spacial score (nSPS) is 22.0. The molecule has 6 heteroatoms. The number of amides is 1. The molecule has 1 aromatic rings. The highest BCUT2D eigenvalue weighted by molar-refractivity contribution is 7.89. The fraction of sp³-hybridized carbons (Fsp3) is 0.588. The predicted molar refractivity (Wildman–Crippen MR) is 90.4 cm³/mol. The fourth-order valence-corrected chi connectivity index (χ4v) is 4.19. The van der Waals surface area contributed by atoms with Crippen LogP contribution in [-0.2, 0) is 14.8 Å². The van der Waals surface area contributed by atoms with Crippen LogP contribution in [0.4, 0.5) is 0 Å². The summed E-state index contributed by atoms with van der Waals surface area (Å²) in [6, 6.07) is 6.66. The summed E-state index contributed by atoms with van der Waals surface area (Å²) in [5.74, 6) is 0.702. The summed E-state index contributed by atoms with van der Waals surface area (Å²) in [4.78, 5) is 12.3. The minimum atomic E-state index is -3.43. The van der Waals surface area contributed by atoms with Crippen LogP contribution in [0.3, 0.4) is 0 Å². The lowest BCUT2D eigenvalue weighted by atomic mass is 10.1. The first kappa shape index (κ1) is 17.9. The lowest BCUT2D eigenvalue weighted by Gasteiger charge is -2.19. The zero-order chi connectivity index (χ0) is 17.2. The average molecular weight is 338 g/mol. The van der Waals surface area contributed by atoms with E-state index in [1.807, 2.05) is 20.8 Å². The van der Waals surface area contributed by atoms with Gasteiger partial charge < -0.3 is 5.32 Å². The topological polar surface area (TPSA) is 66.5 Å². The number of nitrogens with zero attached hydrogens (tertiary/aromatic N) is 1. The molecule has 23 heavy (non-hydrogen) atoms. The molecule has 1 aromatic carbocycles. The summed E-state index contributed by atoms with van der Waals surface area (Å²) in [5, 5.41) is 2.99. The van der Waals surface area contributed by atoms with Crippen molar-refractivity contribution in [3.63, 3.8) is 0 Å². The van der Waals surface area contributed by atoms with Gasteiger partial charge in [0, 0.05) is 19.0 Å². The van der Waals surface area contributed by atoms with Gasteiger partial charge in [-0.1, -0.05) is 32.9 Å². The smallest absolute Gasteiger partial charge is 0.243 e. The Morgan fingerprint density at radius 1 is 1.26 bits per heavy atom. The van der Waals surface area contributed by atoms with Gasteiger partial charge in [0.15, 0.2) is 0 Å². The maximum Gasteiger partial charge on any atom is 0.243 e. The van der Waals surface area contributed by atoms with E-state index in [4.69, 9.17) is 0 Å². The van der Waals surface area contributed by atoms with Crippen LogP contribution >= 0.6 is 0 Å². The molecule has 2 rings (SSSR count). The van der Waals surface area contributed by atoms with Gasteiger partial charge in [-0.2, -0.15) is 4.31 Å². The van der Waals surface area contributed by atoms with Crippen LogP contribution in [0.15, 0.2) is 29.2 Å². The van der Waals surface area contributed by atoms with Crippen molar-refractivity contribution in [3.8, 4) is 0 Å². The molecule has 0 saturated heterocycles. The second kappa shape index (κ2) is 7.01. The molecular formula is C17H26N2O3S. The Morgan fingerprint density at radius 2 is 1.78 bits per heavy atom. The molecule has 1 N–H and O–H groups in total. The Labute approximate surface area is 139 Å². The lowest BCUT2D eigenvalue weighted by Crippen LogP contribution is -2.31. The van der Waals surface area contributed by atoms with E-state index in [1.165, 1.54) is 4.31 Å². The van der Waals surface area contributed by atoms with Crippen molar-refractivity contribution < 1.29 is 13.2 Å². The minimum absolute atomic E-state index is 0.0878. The number of hydrogen-bond acceptors (Lipinski definition) is 3. The zero-order valence-electron chi connectivity index (χ0n) is 14.2. The van der Waals surface area contributed by atoms with Gasteiger partial charge in [0.05, 0.1) is 10.9 Å². The number of nitrogens with one attached hydrogen (secondary N) is 1. The summed E-state index contributed by atoms with van der Waals surface area (Å²) in [6.45, 7) is 8.54. The SMILES string of the molecule is CCN(CC)S(=O)(=O)c1ccc(C(C)NC(=O)C2CC2C)cc1. The summed E-state index contributed by atoms with van der Waals surface area (Å²) in [6.07, 6.45) is 0.958. The quantitative estimate of drug-likeness (QED) is 0.831. The number of carbonyl (C=O) groups is 1. The molecule has 0 aliphatic heterocycles. The van der Waals surface area contributed by atoms with Gasteiger partial charge in [-0.15, -0.1) is 0 Å². The largest absolute Gasteiger partial charge is 0.349 e. The standard InChI is InChI=1S/C17H26N2O3S/c1-5-19(6-2)23(21,22)15-9-7-14(8-10-15)13(4)18-17(20)16-11-12(16)3/h7-10,12-13,16H,5-6,11H2,1-4H3,(H,18,20). The van der Waals surface area contributed by atoms with E-state index >= 15 is 0 Å². The van der Waals surface area contributed by atoms with E-state index in [2.05, 4.69) is 12.2 Å². The maximum absolute atomic E-state index is 12.4. The van der Waals surface area contributed by atoms with Crippen LogP contribution in [0.2, 0.25) is 0 Å². The van der Waals surface area contributed by atoms with E-state index in [0.717, 1.165) is 12.0 Å². The van der Waals surface area contributed by atoms with Crippen LogP contribution in [-0.4, -0.2) is 31.7 Å². The highest BCUT2D eigenvalue weighted by Gasteiger charge is 2.39. The molecule has 0 bridgehead atoms. The molecule has 3 atom stereocenters. The molecule has 128 valence electrons. The molecule has 5 nitrogen and oxygen atoms in total. The summed E-state index contributed by atoms with van der Waals surface area (Å²) in [5.41, 5.74) is 0.908. The Balaban J connectivity index is 2.08. The minimum Gasteiger partial charge on any atom is -0.349 e. The summed E-state index contributed by atoms with van der Waals surface area (Å²) >= 11 is 0. The number of benzene rings is 1. The van der Waals surface area contributed by atoms with E-state index in [9.17, 15) is 13.2 Å². The van der Waals surface area contributed by atoms with Gasteiger partial charge in [0.1, 0.15) is 0 Å². The van der Waals surface area contributed by atoms with E-state index in [0.29, 0.717) is 23.9 Å². The molecule has 0 spiro atoms. The van der Waals surface area contributed by atoms with Crippen LogP contribution in [0.5, 0.6) is 0 Å². The van der Waals surface area contributed by atoms with Crippen LogP contribution in [0, 0.1) is 11.8 Å². The van der Waals surface area contributed by atoms with Gasteiger partial charge >= 0.3 is 0 Å². The van der Waals surface area contributed by atoms with Crippen molar-refractivity contribution in [2.75, 3.05) is 13.1 Å². The third-order valence-electron chi connectivity index (χ3n) is 4.53. The highest BCUT2D eigenvalue weighted by atomic mass is 32.2. The number of sulfonamides is 1. The molecule has 3 unspecified atom stereocenters. The van der Waals surface area contributed by atoms with Crippen LogP contribution in [0.25, 0.3) is 0 Å². The van der Waals surface area contributed by atoms with Crippen LogP contribution in [0.1, 0.15) is 45.7 Å². The van der Waals surface area contributed by atoms with Crippen molar-refractivity contribution in [1.82, 2.24) is 9.62 Å². The van der Waals surface area contributed by atoms with Crippen molar-refractivity contribution in [2.45, 2.75) is 45.1 Å². The third-order valence-corrected chi connectivity index (χ3v) is 6.59. The molecule has 1 saturated carbocycles. The first-order valence-corrected chi connectivity index (χ1v) is 9.65. The van der Waals surface area contributed by atoms with Crippen molar-refractivity contribution in [2.24, 2.45) is 11.8 Å². The summed E-state index contributed by atoms with van der Waals surface area (Å²) < 4.78 is 26.3. The average Bonchev–Trinajstić information content (AvgIpc) is 3.25. The second-order valence-corrected chi connectivity index (χ2v) is 8.15. The van der Waals surface area contributed by atoms with Crippen molar-refractivity contribution in [3.05, 3.63) is 29.8 Å². The Hall–Kier alpha value is -1.40. The fourth-order valence-electron chi connectivity index (χ4n) is 2.73. The van der Waals surface area contributed by atoms with Crippen LogP contribution < -0.4 is 5.32 Å². The second-order valence-electron chi connectivity index (χ2n) is 6.21. The first-order chi connectivity index (χ1) is 10.8. The molecule has 0 aromatic heterocycles. The Morgan fingerprint density at radius 3 is 2.22 bits per heavy atom. The molecule has 1 aliphatic carbocycles. The number of carbonyl (C=O) groups excluding carboxylic acids is 1. The molecular weight excluding hydrogens is 312 g/mol. The Bertz CT molecular complexity index is 651. The molecule has 0 radical (unpaired) electrons. The van der Waals surface area contributed by atoms with Gasteiger partial charge in [0.2, 0.25) is 15.9 Å². The maximum atomic E-state index is 12.4. The molecule has 0 heterocycles. The van der Waals surface area contributed by atoms with Gasteiger partial charge in [-0.05, 0) is 37.0 Å². The molecule has 1 amide bonds. The zero-order valence-corrected chi connectivity index (χ0v) is 15.1. The number of hydrogen-bond donors (Lipinski definition) is 1. The van der Waals surface area contributed by atoms with E-state index < -0.39 is 10.0 Å². The first-order valence-electron chi connectivity index (χ1n) is 8.21. The number of rotatable bonds is 7. The third kappa shape index (κ3) is 3.93. The predicted octanol–water partition coefficient (Wildman–Crippen LogP) is 2.55. The monoisotopic (exact) mass is 338 g/mol. The van der Waals surface area contributed by atoms with Crippen molar-refractivity contribution in [1.29, 1.82) is 0 Å². The van der Waals surface area contributed by atoms with Gasteiger partial charge in [-0.3, -0.25) is 4.79 Å². The van der Waals surface area contributed by atoms with Crippen molar-refractivity contribution >= 4 is 15.9 Å². The van der Waals surface area contributed by atoms with Gasteiger partial charge in [0.25, 0.3) is 0 Å². The van der Waals surface area contributed by atoms with E-state index in [1.54, 1.807) is 24.3 Å². The van der Waals surface area contributed by atoms with E-state index in [-0.39, 0.29) is 17.9 Å². The molecule has 1 aliphatic rings. The highest BCUT2D eigenvalue weighted by Crippen LogP contribution is 2.38. The Kier molecular flexibility index (Phi) is 5.47.